The van der Waals surface area contributed by atoms with Gasteiger partial charge >= 0.3 is 0 Å². The quantitative estimate of drug-likeness (QED) is 0.758. The minimum atomic E-state index is -0.0645. The summed E-state index contributed by atoms with van der Waals surface area (Å²) in [4.78, 5) is 17.3. The molecule has 5 heteroatoms. The average Bonchev–Trinajstić information content (AvgIpc) is 3.08. The molecule has 0 bridgehead atoms. The van der Waals surface area contributed by atoms with Gasteiger partial charge in [0.05, 0.1) is 15.6 Å². The normalized spacial score (nSPS) is 10.6. The number of rotatable bonds is 3. The molecule has 0 aliphatic heterocycles. The molecule has 3 nitrogen and oxygen atoms in total. The maximum atomic E-state index is 12.1. The first-order valence-corrected chi connectivity index (χ1v) is 8.27. The third kappa shape index (κ3) is 3.20. The summed E-state index contributed by atoms with van der Waals surface area (Å²) in [5.74, 6) is -0.0645. The van der Waals surface area contributed by atoms with Crippen molar-refractivity contribution in [1.29, 1.82) is 0 Å². The fourth-order valence-electron chi connectivity index (χ4n) is 1.96. The molecule has 3 rings (SSSR count). The lowest BCUT2D eigenvalue weighted by atomic mass is 10.1. The van der Waals surface area contributed by atoms with Gasteiger partial charge < -0.3 is 5.32 Å². The van der Waals surface area contributed by atoms with Crippen LogP contribution in [0, 0.1) is 13.8 Å². The molecule has 0 unspecified atom stereocenters. The highest BCUT2D eigenvalue weighted by Gasteiger charge is 2.08. The van der Waals surface area contributed by atoms with Gasteiger partial charge in [-0.3, -0.25) is 4.79 Å². The third-order valence-corrected chi connectivity index (χ3v) is 4.83. The zero-order valence-corrected chi connectivity index (χ0v) is 13.3. The molecule has 1 aromatic carbocycles. The van der Waals surface area contributed by atoms with E-state index in [0.717, 1.165) is 32.4 Å². The molecule has 0 saturated heterocycles. The van der Waals surface area contributed by atoms with Crippen molar-refractivity contribution < 1.29 is 4.79 Å². The Labute approximate surface area is 131 Å². The van der Waals surface area contributed by atoms with Gasteiger partial charge in [-0.2, -0.15) is 0 Å². The maximum absolute atomic E-state index is 12.1. The zero-order chi connectivity index (χ0) is 14.8. The van der Waals surface area contributed by atoms with Crippen molar-refractivity contribution in [2.24, 2.45) is 0 Å². The largest absolute Gasteiger partial charge is 0.321 e. The van der Waals surface area contributed by atoms with Crippen molar-refractivity contribution in [3.05, 3.63) is 56.5 Å². The summed E-state index contributed by atoms with van der Waals surface area (Å²) in [6, 6.07) is 9.66. The molecular formula is C16H14N2OS2. The molecule has 0 radical (unpaired) electrons. The molecule has 106 valence electrons. The van der Waals surface area contributed by atoms with E-state index in [4.69, 9.17) is 0 Å². The van der Waals surface area contributed by atoms with Gasteiger partial charge in [0.2, 0.25) is 0 Å². The molecular weight excluding hydrogens is 300 g/mol. The third-order valence-electron chi connectivity index (χ3n) is 3.01. The van der Waals surface area contributed by atoms with Crippen LogP contribution in [0.3, 0.4) is 0 Å². The molecule has 3 aromatic rings. The fourth-order valence-corrected chi connectivity index (χ4v) is 3.38. The highest BCUT2D eigenvalue weighted by atomic mass is 32.1. The van der Waals surface area contributed by atoms with E-state index in [1.807, 2.05) is 54.9 Å². The van der Waals surface area contributed by atoms with E-state index in [1.165, 1.54) is 11.3 Å². The molecule has 0 atom stereocenters. The molecule has 2 heterocycles. The van der Waals surface area contributed by atoms with Crippen molar-refractivity contribution in [3.8, 4) is 11.3 Å². The number of aromatic nitrogens is 1. The molecule has 0 aliphatic rings. The van der Waals surface area contributed by atoms with E-state index in [2.05, 4.69) is 10.3 Å². The van der Waals surface area contributed by atoms with Gasteiger partial charge in [-0.15, -0.1) is 22.7 Å². The van der Waals surface area contributed by atoms with E-state index in [1.54, 1.807) is 11.3 Å². The summed E-state index contributed by atoms with van der Waals surface area (Å²) in [6.45, 7) is 3.98. The van der Waals surface area contributed by atoms with Gasteiger partial charge in [-0.1, -0.05) is 12.1 Å². The molecule has 2 aromatic heterocycles. The summed E-state index contributed by atoms with van der Waals surface area (Å²) in [5, 5.41) is 7.97. The lowest BCUT2D eigenvalue weighted by Gasteiger charge is -2.04. The van der Waals surface area contributed by atoms with Crippen molar-refractivity contribution in [2.45, 2.75) is 13.8 Å². The zero-order valence-electron chi connectivity index (χ0n) is 11.7. The lowest BCUT2D eigenvalue weighted by Crippen LogP contribution is -2.09. The van der Waals surface area contributed by atoms with Crippen LogP contribution in [-0.4, -0.2) is 10.9 Å². The van der Waals surface area contributed by atoms with Crippen LogP contribution in [0.5, 0.6) is 0 Å². The number of anilines is 1. The van der Waals surface area contributed by atoms with Crippen molar-refractivity contribution >= 4 is 34.3 Å². The van der Waals surface area contributed by atoms with Gasteiger partial charge in [-0.25, -0.2) is 4.98 Å². The molecule has 1 N–H and O–H groups in total. The predicted octanol–water partition coefficient (Wildman–Crippen LogP) is 4.74. The number of amides is 1. The molecule has 0 aliphatic carbocycles. The van der Waals surface area contributed by atoms with Crippen molar-refractivity contribution in [1.82, 2.24) is 4.98 Å². The number of aryl methyl sites for hydroxylation is 2. The van der Waals surface area contributed by atoms with Gasteiger partial charge in [0.15, 0.2) is 0 Å². The highest BCUT2D eigenvalue weighted by molar-refractivity contribution is 7.12. The molecule has 1 amide bonds. The Morgan fingerprint density at radius 2 is 1.86 bits per heavy atom. The van der Waals surface area contributed by atoms with Crippen LogP contribution in [-0.2, 0) is 0 Å². The topological polar surface area (TPSA) is 42.0 Å². The predicted molar refractivity (Wildman–Crippen MR) is 89.3 cm³/mol. The Hall–Kier alpha value is -1.98. The van der Waals surface area contributed by atoms with Gasteiger partial charge in [-0.05, 0) is 43.0 Å². The Balaban J connectivity index is 1.74. The summed E-state index contributed by atoms with van der Waals surface area (Å²) in [6.07, 6.45) is 0. The smallest absolute Gasteiger partial charge is 0.265 e. The van der Waals surface area contributed by atoms with Crippen LogP contribution in [0.25, 0.3) is 11.3 Å². The summed E-state index contributed by atoms with van der Waals surface area (Å²) in [5.41, 5.74) is 3.94. The second-order valence-corrected chi connectivity index (χ2v) is 6.75. The van der Waals surface area contributed by atoms with Crippen LogP contribution >= 0.6 is 22.7 Å². The lowest BCUT2D eigenvalue weighted by molar-refractivity contribution is 0.103. The maximum Gasteiger partial charge on any atom is 0.265 e. The van der Waals surface area contributed by atoms with Gasteiger partial charge in [0, 0.05) is 16.6 Å². The Kier molecular flexibility index (Phi) is 3.86. The van der Waals surface area contributed by atoms with Crippen LogP contribution in [0.2, 0.25) is 0 Å². The number of hydrogen-bond acceptors (Lipinski definition) is 4. The SMILES string of the molecule is Cc1csc(C(=O)Nc2ccc(-c3csc(C)n3)cc2)c1. The minimum absolute atomic E-state index is 0.0645. The number of benzene rings is 1. The second-order valence-electron chi connectivity index (χ2n) is 4.77. The van der Waals surface area contributed by atoms with E-state index < -0.39 is 0 Å². The highest BCUT2D eigenvalue weighted by Crippen LogP contribution is 2.23. The first kappa shape index (κ1) is 14.0. The number of nitrogens with one attached hydrogen (secondary N) is 1. The fraction of sp³-hybridized carbons (Fsp3) is 0.125. The van der Waals surface area contributed by atoms with Crippen LogP contribution in [0.15, 0.2) is 41.1 Å². The molecule has 21 heavy (non-hydrogen) atoms. The van der Waals surface area contributed by atoms with Crippen molar-refractivity contribution in [2.75, 3.05) is 5.32 Å². The van der Waals surface area contributed by atoms with Gasteiger partial charge in [0.25, 0.3) is 5.91 Å². The number of carbonyl (C=O) groups is 1. The van der Waals surface area contributed by atoms with E-state index in [0.29, 0.717) is 0 Å². The summed E-state index contributed by atoms with van der Waals surface area (Å²) >= 11 is 3.09. The Morgan fingerprint density at radius 1 is 1.10 bits per heavy atom. The number of thiophene rings is 1. The van der Waals surface area contributed by atoms with Crippen LogP contribution < -0.4 is 5.32 Å². The Bertz CT molecular complexity index is 772. The van der Waals surface area contributed by atoms with Crippen LogP contribution in [0.4, 0.5) is 5.69 Å². The van der Waals surface area contributed by atoms with Crippen LogP contribution in [0.1, 0.15) is 20.2 Å². The number of carbonyl (C=O) groups excluding carboxylic acids is 1. The Morgan fingerprint density at radius 3 is 2.43 bits per heavy atom. The second kappa shape index (κ2) is 5.79. The van der Waals surface area contributed by atoms with E-state index in [9.17, 15) is 4.79 Å². The standard InChI is InChI=1S/C16H14N2OS2/c1-10-7-15(21-8-10)16(19)18-13-5-3-12(4-6-13)14-9-20-11(2)17-14/h3-9H,1-2H3,(H,18,19). The number of hydrogen-bond donors (Lipinski definition) is 1. The van der Waals surface area contributed by atoms with Crippen molar-refractivity contribution in [3.63, 3.8) is 0 Å². The van der Waals surface area contributed by atoms with Gasteiger partial charge in [0.1, 0.15) is 0 Å². The minimum Gasteiger partial charge on any atom is -0.321 e. The average molecular weight is 314 g/mol. The first-order chi connectivity index (χ1) is 10.1. The van der Waals surface area contributed by atoms with E-state index in [-0.39, 0.29) is 5.91 Å². The first-order valence-electron chi connectivity index (χ1n) is 6.51. The summed E-state index contributed by atoms with van der Waals surface area (Å²) < 4.78 is 0. The summed E-state index contributed by atoms with van der Waals surface area (Å²) in [7, 11) is 0. The molecule has 0 spiro atoms. The monoisotopic (exact) mass is 314 g/mol. The van der Waals surface area contributed by atoms with E-state index >= 15 is 0 Å². The number of thiazole rings is 1. The molecule has 0 fully saturated rings. The number of nitrogens with zero attached hydrogens (tertiary/aromatic N) is 1. The molecule has 0 saturated carbocycles.